The van der Waals surface area contributed by atoms with Crippen molar-refractivity contribution in [2.45, 2.75) is 56.8 Å². The van der Waals surface area contributed by atoms with E-state index >= 15 is 0 Å². The van der Waals surface area contributed by atoms with Crippen LogP contribution in [0.25, 0.3) is 0 Å². The number of nitrogens with two attached hydrogens (primary N) is 4. The summed E-state index contributed by atoms with van der Waals surface area (Å²) in [6.07, 6.45) is -0.119. The van der Waals surface area contributed by atoms with E-state index in [0.717, 1.165) is 0 Å². The van der Waals surface area contributed by atoms with Gasteiger partial charge in [0.25, 0.3) is 0 Å². The standard InChI is InChI=1S/C22H34N8O7/c1-11(18(33)30-16(21(36)37)10-17(24)32)28-20(35)15(3-2-8-27-22(25)26)29-19(34)14(23)9-12-4-6-13(31)7-5-12/h4-7,11,14-16,31H,2-3,8-10,23H2,1H3,(H2,24,32)(H,28,35)(H,29,34)(H,30,33)(H,36,37)(H4,25,26,27). The van der Waals surface area contributed by atoms with Crippen LogP contribution < -0.4 is 38.9 Å². The third-order valence-corrected chi connectivity index (χ3v) is 5.08. The van der Waals surface area contributed by atoms with Crippen molar-refractivity contribution >= 4 is 35.6 Å². The Labute approximate surface area is 213 Å². The van der Waals surface area contributed by atoms with Crippen molar-refractivity contribution in [2.75, 3.05) is 6.54 Å². The van der Waals surface area contributed by atoms with Gasteiger partial charge >= 0.3 is 5.97 Å². The number of amides is 4. The van der Waals surface area contributed by atoms with Crippen LogP contribution in [0.3, 0.4) is 0 Å². The zero-order chi connectivity index (χ0) is 28.1. The van der Waals surface area contributed by atoms with E-state index in [0.29, 0.717) is 12.0 Å². The van der Waals surface area contributed by atoms with Crippen LogP contribution in [0.2, 0.25) is 0 Å². The molecule has 4 unspecified atom stereocenters. The predicted octanol–water partition coefficient (Wildman–Crippen LogP) is -3.25. The molecule has 0 aliphatic carbocycles. The summed E-state index contributed by atoms with van der Waals surface area (Å²) in [6, 6.07) is 1.17. The highest BCUT2D eigenvalue weighted by atomic mass is 16.4. The second kappa shape index (κ2) is 14.9. The molecule has 0 heterocycles. The number of carboxylic acids is 1. The van der Waals surface area contributed by atoms with Gasteiger partial charge in [0, 0.05) is 6.54 Å². The molecule has 0 fully saturated rings. The predicted molar refractivity (Wildman–Crippen MR) is 133 cm³/mol. The number of guanidine groups is 1. The highest BCUT2D eigenvalue weighted by molar-refractivity contribution is 5.94. The average Bonchev–Trinajstić information content (AvgIpc) is 2.81. The van der Waals surface area contributed by atoms with Crippen molar-refractivity contribution < 1.29 is 34.2 Å². The lowest BCUT2D eigenvalue weighted by Crippen LogP contribution is -2.56. The molecule has 13 N–H and O–H groups in total. The van der Waals surface area contributed by atoms with Crippen molar-refractivity contribution in [1.82, 2.24) is 16.0 Å². The normalized spacial score (nSPS) is 13.8. The second-order valence-electron chi connectivity index (χ2n) is 8.29. The van der Waals surface area contributed by atoms with Gasteiger partial charge in [-0.1, -0.05) is 12.1 Å². The number of carboxylic acid groups (broad SMARTS) is 1. The highest BCUT2D eigenvalue weighted by Gasteiger charge is 2.28. The summed E-state index contributed by atoms with van der Waals surface area (Å²) in [7, 11) is 0. The molecule has 37 heavy (non-hydrogen) atoms. The van der Waals surface area contributed by atoms with Crippen LogP contribution in [0.1, 0.15) is 31.7 Å². The quantitative estimate of drug-likeness (QED) is 0.0630. The van der Waals surface area contributed by atoms with Crippen LogP contribution >= 0.6 is 0 Å². The highest BCUT2D eigenvalue weighted by Crippen LogP contribution is 2.11. The number of rotatable bonds is 15. The average molecular weight is 523 g/mol. The topological polar surface area (TPSA) is 278 Å². The second-order valence-corrected chi connectivity index (χ2v) is 8.29. The number of aliphatic carboxylic acids is 1. The lowest BCUT2D eigenvalue weighted by atomic mass is 10.0. The Kier molecular flexibility index (Phi) is 12.3. The number of phenols is 1. The fraction of sp³-hybridized carbons (Fsp3) is 0.455. The van der Waals surface area contributed by atoms with Crippen LogP contribution in [-0.4, -0.2) is 76.5 Å². The molecule has 0 aromatic heterocycles. The molecule has 0 spiro atoms. The Hall–Kier alpha value is -4.40. The maximum atomic E-state index is 12.9. The van der Waals surface area contributed by atoms with Gasteiger partial charge in [-0.25, -0.2) is 4.79 Å². The Morgan fingerprint density at radius 3 is 2.05 bits per heavy atom. The smallest absolute Gasteiger partial charge is 0.326 e. The Morgan fingerprint density at radius 2 is 1.51 bits per heavy atom. The van der Waals surface area contributed by atoms with E-state index in [1.54, 1.807) is 12.1 Å². The number of carbonyl (C=O) groups excluding carboxylic acids is 4. The SMILES string of the molecule is CC(NC(=O)C(CCCN=C(N)N)NC(=O)C(N)Cc1ccc(O)cc1)C(=O)NC(CC(N)=O)C(=O)O. The number of benzene rings is 1. The van der Waals surface area contributed by atoms with Crippen LogP contribution in [-0.2, 0) is 30.4 Å². The molecule has 0 aliphatic heterocycles. The fourth-order valence-electron chi connectivity index (χ4n) is 3.11. The molecule has 0 radical (unpaired) electrons. The number of hydrogen-bond donors (Lipinski definition) is 9. The number of primary amides is 1. The van der Waals surface area contributed by atoms with E-state index in [4.69, 9.17) is 28.0 Å². The minimum Gasteiger partial charge on any atom is -0.508 e. The minimum atomic E-state index is -1.57. The van der Waals surface area contributed by atoms with E-state index < -0.39 is 60.2 Å². The van der Waals surface area contributed by atoms with Gasteiger partial charge < -0.3 is 49.1 Å². The molecule has 15 heteroatoms. The molecular formula is C22H34N8O7. The fourth-order valence-corrected chi connectivity index (χ4v) is 3.11. The van der Waals surface area contributed by atoms with Gasteiger partial charge in [0.2, 0.25) is 23.6 Å². The first-order valence-corrected chi connectivity index (χ1v) is 11.3. The van der Waals surface area contributed by atoms with Gasteiger partial charge in [0.15, 0.2) is 5.96 Å². The van der Waals surface area contributed by atoms with Crippen molar-refractivity contribution in [3.63, 3.8) is 0 Å². The maximum Gasteiger partial charge on any atom is 0.326 e. The number of carbonyl (C=O) groups is 5. The third-order valence-electron chi connectivity index (χ3n) is 5.08. The molecule has 204 valence electrons. The number of nitrogens with one attached hydrogen (secondary N) is 3. The molecule has 0 saturated heterocycles. The molecule has 0 saturated carbocycles. The van der Waals surface area contributed by atoms with E-state index in [9.17, 15) is 29.1 Å². The summed E-state index contributed by atoms with van der Waals surface area (Å²) in [5.41, 5.74) is 22.3. The zero-order valence-electron chi connectivity index (χ0n) is 20.3. The van der Waals surface area contributed by atoms with E-state index in [2.05, 4.69) is 20.9 Å². The summed E-state index contributed by atoms with van der Waals surface area (Å²) in [4.78, 5) is 64.1. The summed E-state index contributed by atoms with van der Waals surface area (Å²) in [5.74, 6) is -4.75. The molecule has 4 amide bonds. The number of aromatic hydroxyl groups is 1. The van der Waals surface area contributed by atoms with Crippen LogP contribution in [0.4, 0.5) is 0 Å². The molecule has 1 rings (SSSR count). The summed E-state index contributed by atoms with van der Waals surface area (Å²) < 4.78 is 0. The van der Waals surface area contributed by atoms with Crippen molar-refractivity contribution in [1.29, 1.82) is 0 Å². The van der Waals surface area contributed by atoms with Crippen molar-refractivity contribution in [3.8, 4) is 5.75 Å². The summed E-state index contributed by atoms with van der Waals surface area (Å²) >= 11 is 0. The first-order chi connectivity index (χ1) is 17.3. The van der Waals surface area contributed by atoms with E-state index in [1.807, 2.05) is 0 Å². The van der Waals surface area contributed by atoms with Gasteiger partial charge in [-0.3, -0.25) is 24.2 Å². The third kappa shape index (κ3) is 11.7. The minimum absolute atomic E-state index is 0.0572. The maximum absolute atomic E-state index is 12.9. The molecule has 0 bridgehead atoms. The van der Waals surface area contributed by atoms with Gasteiger partial charge in [-0.2, -0.15) is 0 Å². The Morgan fingerprint density at radius 1 is 0.919 bits per heavy atom. The van der Waals surface area contributed by atoms with Gasteiger partial charge in [-0.05, 0) is 43.9 Å². The molecule has 4 atom stereocenters. The molecule has 0 aliphatic rings. The van der Waals surface area contributed by atoms with E-state index in [1.165, 1.54) is 19.1 Å². The van der Waals surface area contributed by atoms with Crippen LogP contribution in [0, 0.1) is 0 Å². The van der Waals surface area contributed by atoms with Gasteiger partial charge in [0.1, 0.15) is 23.9 Å². The Bertz CT molecular complexity index is 995. The first kappa shape index (κ1) is 30.6. The molecule has 15 nitrogen and oxygen atoms in total. The van der Waals surface area contributed by atoms with Crippen molar-refractivity contribution in [2.24, 2.45) is 27.9 Å². The van der Waals surface area contributed by atoms with Crippen LogP contribution in [0.15, 0.2) is 29.3 Å². The zero-order valence-corrected chi connectivity index (χ0v) is 20.3. The number of aliphatic imine (C=N–C) groups is 1. The monoisotopic (exact) mass is 522 g/mol. The summed E-state index contributed by atoms with van der Waals surface area (Å²) in [6.45, 7) is 1.47. The molecule has 1 aromatic carbocycles. The van der Waals surface area contributed by atoms with E-state index in [-0.39, 0.29) is 31.1 Å². The van der Waals surface area contributed by atoms with Crippen molar-refractivity contribution in [3.05, 3.63) is 29.8 Å². The lowest BCUT2D eigenvalue weighted by Gasteiger charge is -2.23. The molecule has 1 aromatic rings. The van der Waals surface area contributed by atoms with Gasteiger partial charge in [-0.15, -0.1) is 0 Å². The lowest BCUT2D eigenvalue weighted by molar-refractivity contribution is -0.143. The first-order valence-electron chi connectivity index (χ1n) is 11.3. The number of hydrogen-bond acceptors (Lipinski definition) is 8. The number of nitrogens with zero attached hydrogens (tertiary/aromatic N) is 1. The van der Waals surface area contributed by atoms with Crippen LogP contribution in [0.5, 0.6) is 5.75 Å². The molecular weight excluding hydrogens is 488 g/mol. The van der Waals surface area contributed by atoms with Gasteiger partial charge in [0.05, 0.1) is 12.5 Å². The largest absolute Gasteiger partial charge is 0.508 e. The Balaban J connectivity index is 2.86. The summed E-state index contributed by atoms with van der Waals surface area (Å²) in [5, 5.41) is 25.6. The number of phenolic OH excluding ortho intramolecular Hbond substituents is 1.